The van der Waals surface area contributed by atoms with E-state index in [1.807, 2.05) is 0 Å². The van der Waals surface area contributed by atoms with Gasteiger partial charge in [0.25, 0.3) is 5.91 Å². The van der Waals surface area contributed by atoms with Gasteiger partial charge in [0, 0.05) is 24.7 Å². The Kier molecular flexibility index (Phi) is 4.31. The number of nitrogens with zero attached hydrogens (tertiary/aromatic N) is 1. The van der Waals surface area contributed by atoms with E-state index in [4.69, 9.17) is 5.73 Å². The third-order valence-corrected chi connectivity index (χ3v) is 3.22. The van der Waals surface area contributed by atoms with E-state index in [0.717, 1.165) is 12.8 Å². The Morgan fingerprint density at radius 1 is 1.53 bits per heavy atom. The summed E-state index contributed by atoms with van der Waals surface area (Å²) in [6, 6.07) is 5.88. The van der Waals surface area contributed by atoms with Gasteiger partial charge in [0.2, 0.25) is 0 Å². The Balaban J connectivity index is 2.14. The van der Waals surface area contributed by atoms with Crippen LogP contribution in [0, 0.1) is 0 Å². The van der Waals surface area contributed by atoms with Crippen LogP contribution in [-0.4, -0.2) is 36.5 Å². The molecule has 104 valence electrons. The highest BCUT2D eigenvalue weighted by atomic mass is 19.3. The fraction of sp³-hybridized carbons (Fsp3) is 0.462. The van der Waals surface area contributed by atoms with E-state index in [2.05, 4.69) is 4.74 Å². The summed E-state index contributed by atoms with van der Waals surface area (Å²) in [4.78, 5) is 14.0. The maximum atomic E-state index is 12.3. The molecule has 1 unspecified atom stereocenters. The molecule has 2 rings (SSSR count). The van der Waals surface area contributed by atoms with Crippen molar-refractivity contribution in [3.63, 3.8) is 0 Å². The molecule has 0 saturated carbocycles. The van der Waals surface area contributed by atoms with Gasteiger partial charge in [-0.2, -0.15) is 8.78 Å². The van der Waals surface area contributed by atoms with Crippen molar-refractivity contribution in [1.29, 1.82) is 0 Å². The van der Waals surface area contributed by atoms with E-state index in [9.17, 15) is 13.6 Å². The van der Waals surface area contributed by atoms with Crippen LogP contribution in [-0.2, 0) is 0 Å². The smallest absolute Gasteiger partial charge is 0.387 e. The molecule has 0 aromatic heterocycles. The fourth-order valence-electron chi connectivity index (χ4n) is 2.32. The van der Waals surface area contributed by atoms with Crippen molar-refractivity contribution in [1.82, 2.24) is 4.90 Å². The summed E-state index contributed by atoms with van der Waals surface area (Å²) in [5.74, 6) is -0.197. The normalized spacial score (nSPS) is 18.9. The second-order valence-corrected chi connectivity index (χ2v) is 4.44. The van der Waals surface area contributed by atoms with Crippen molar-refractivity contribution in [2.24, 2.45) is 5.73 Å². The predicted octanol–water partition coefficient (Wildman–Crippen LogP) is 1.85. The molecule has 1 fully saturated rings. The van der Waals surface area contributed by atoms with Crippen LogP contribution in [0.15, 0.2) is 24.3 Å². The van der Waals surface area contributed by atoms with E-state index in [1.165, 1.54) is 18.2 Å². The van der Waals surface area contributed by atoms with Gasteiger partial charge in [-0.15, -0.1) is 0 Å². The van der Waals surface area contributed by atoms with E-state index in [1.54, 1.807) is 11.0 Å². The van der Waals surface area contributed by atoms with Gasteiger partial charge in [0.15, 0.2) is 0 Å². The minimum absolute atomic E-state index is 0.00987. The Morgan fingerprint density at radius 2 is 2.32 bits per heavy atom. The first-order chi connectivity index (χ1) is 9.11. The maximum Gasteiger partial charge on any atom is 0.387 e. The second-order valence-electron chi connectivity index (χ2n) is 4.44. The van der Waals surface area contributed by atoms with Crippen LogP contribution in [0.2, 0.25) is 0 Å². The van der Waals surface area contributed by atoms with Crippen molar-refractivity contribution in [3.8, 4) is 5.75 Å². The van der Waals surface area contributed by atoms with Gasteiger partial charge in [-0.1, -0.05) is 6.07 Å². The maximum absolute atomic E-state index is 12.3. The van der Waals surface area contributed by atoms with E-state index in [-0.39, 0.29) is 17.7 Å². The summed E-state index contributed by atoms with van der Waals surface area (Å²) >= 11 is 0. The highest BCUT2D eigenvalue weighted by molar-refractivity contribution is 5.95. The quantitative estimate of drug-likeness (QED) is 0.908. The summed E-state index contributed by atoms with van der Waals surface area (Å²) < 4.78 is 28.6. The number of ether oxygens (including phenoxy) is 1. The van der Waals surface area contributed by atoms with Crippen LogP contribution < -0.4 is 10.5 Å². The minimum Gasteiger partial charge on any atom is -0.435 e. The summed E-state index contributed by atoms with van der Waals surface area (Å²) in [6.07, 6.45) is 1.80. The number of rotatable bonds is 4. The Labute approximate surface area is 110 Å². The standard InChI is InChI=1S/C13H16F2N2O2/c14-13(15)19-11-5-1-3-9(7-11)12(18)17-6-2-4-10(17)8-16/h1,3,5,7,10,13H,2,4,6,8,16H2. The molecule has 19 heavy (non-hydrogen) atoms. The number of nitrogens with two attached hydrogens (primary N) is 1. The molecule has 1 aromatic carbocycles. The first-order valence-corrected chi connectivity index (χ1v) is 6.17. The highest BCUT2D eigenvalue weighted by Gasteiger charge is 2.28. The molecule has 0 aliphatic carbocycles. The molecular weight excluding hydrogens is 254 g/mol. The Morgan fingerprint density at radius 3 is 3.00 bits per heavy atom. The van der Waals surface area contributed by atoms with Gasteiger partial charge in [-0.3, -0.25) is 4.79 Å². The Hall–Kier alpha value is -1.69. The SMILES string of the molecule is NCC1CCCN1C(=O)c1cccc(OC(F)F)c1. The molecule has 1 amide bonds. The third kappa shape index (κ3) is 3.20. The van der Waals surface area contributed by atoms with Gasteiger partial charge < -0.3 is 15.4 Å². The average molecular weight is 270 g/mol. The van der Waals surface area contributed by atoms with Crippen LogP contribution in [0.5, 0.6) is 5.75 Å². The third-order valence-electron chi connectivity index (χ3n) is 3.22. The molecule has 2 N–H and O–H groups in total. The number of alkyl halides is 2. The van der Waals surface area contributed by atoms with E-state index >= 15 is 0 Å². The number of halogens is 2. The number of hydrogen-bond donors (Lipinski definition) is 1. The average Bonchev–Trinajstić information content (AvgIpc) is 2.85. The number of amides is 1. The number of likely N-dealkylation sites (tertiary alicyclic amines) is 1. The lowest BCUT2D eigenvalue weighted by Gasteiger charge is -2.23. The molecule has 6 heteroatoms. The van der Waals surface area contributed by atoms with Gasteiger partial charge in [-0.25, -0.2) is 0 Å². The Bertz CT molecular complexity index is 454. The van der Waals surface area contributed by atoms with E-state index in [0.29, 0.717) is 18.7 Å². The van der Waals surface area contributed by atoms with Crippen LogP contribution in [0.3, 0.4) is 0 Å². The summed E-state index contributed by atoms with van der Waals surface area (Å²) in [6.45, 7) is -1.83. The van der Waals surface area contributed by atoms with Crippen molar-refractivity contribution < 1.29 is 18.3 Å². The first kappa shape index (κ1) is 13.7. The van der Waals surface area contributed by atoms with Crippen molar-refractivity contribution in [3.05, 3.63) is 29.8 Å². The van der Waals surface area contributed by atoms with Gasteiger partial charge in [0.05, 0.1) is 0 Å². The van der Waals surface area contributed by atoms with Gasteiger partial charge in [0.1, 0.15) is 5.75 Å². The molecule has 4 nitrogen and oxygen atoms in total. The molecule has 1 aliphatic rings. The van der Waals surface area contributed by atoms with Crippen molar-refractivity contribution in [2.75, 3.05) is 13.1 Å². The van der Waals surface area contributed by atoms with Crippen LogP contribution >= 0.6 is 0 Å². The molecule has 1 aliphatic heterocycles. The molecule has 0 bridgehead atoms. The van der Waals surface area contributed by atoms with Crippen molar-refractivity contribution >= 4 is 5.91 Å². The summed E-state index contributed by atoms with van der Waals surface area (Å²) in [5.41, 5.74) is 5.96. The molecule has 1 aromatic rings. The lowest BCUT2D eigenvalue weighted by Crippen LogP contribution is -2.39. The van der Waals surface area contributed by atoms with Gasteiger partial charge in [-0.05, 0) is 31.0 Å². The molecule has 1 heterocycles. The topological polar surface area (TPSA) is 55.6 Å². The lowest BCUT2D eigenvalue weighted by atomic mass is 10.1. The van der Waals surface area contributed by atoms with Crippen LogP contribution in [0.25, 0.3) is 0 Å². The summed E-state index contributed by atoms with van der Waals surface area (Å²) in [7, 11) is 0. The highest BCUT2D eigenvalue weighted by Crippen LogP contribution is 2.22. The zero-order chi connectivity index (χ0) is 13.8. The number of hydrogen-bond acceptors (Lipinski definition) is 3. The number of carbonyl (C=O) groups is 1. The lowest BCUT2D eigenvalue weighted by molar-refractivity contribution is -0.0499. The number of benzene rings is 1. The molecule has 0 radical (unpaired) electrons. The largest absolute Gasteiger partial charge is 0.435 e. The monoisotopic (exact) mass is 270 g/mol. The molecule has 1 atom stereocenters. The summed E-state index contributed by atoms with van der Waals surface area (Å²) in [5, 5.41) is 0. The van der Waals surface area contributed by atoms with Crippen LogP contribution in [0.1, 0.15) is 23.2 Å². The van der Waals surface area contributed by atoms with Crippen LogP contribution in [0.4, 0.5) is 8.78 Å². The van der Waals surface area contributed by atoms with Crippen molar-refractivity contribution in [2.45, 2.75) is 25.5 Å². The van der Waals surface area contributed by atoms with Gasteiger partial charge >= 0.3 is 6.61 Å². The van der Waals surface area contributed by atoms with E-state index < -0.39 is 6.61 Å². The molecule has 1 saturated heterocycles. The molecule has 0 spiro atoms. The second kappa shape index (κ2) is 5.97. The number of carbonyl (C=O) groups excluding carboxylic acids is 1. The predicted molar refractivity (Wildman–Crippen MR) is 66.2 cm³/mol. The molecular formula is C13H16F2N2O2. The minimum atomic E-state index is -2.89. The zero-order valence-electron chi connectivity index (χ0n) is 10.4. The fourth-order valence-corrected chi connectivity index (χ4v) is 2.32. The zero-order valence-corrected chi connectivity index (χ0v) is 10.4. The first-order valence-electron chi connectivity index (χ1n) is 6.17.